The van der Waals surface area contributed by atoms with Crippen molar-refractivity contribution < 1.29 is 37.3 Å². The first-order valence-corrected chi connectivity index (χ1v) is 23.1. The Morgan fingerprint density at radius 3 is 1.65 bits per heavy atom. The molecule has 7 aromatic rings. The average molecular weight is 1080 g/mol. The Kier molecular flexibility index (Phi) is 16.2. The summed E-state index contributed by atoms with van der Waals surface area (Å²) < 4.78 is 46.8. The van der Waals surface area contributed by atoms with E-state index in [1.165, 1.54) is 35.0 Å². The molecule has 0 radical (unpaired) electrons. The van der Waals surface area contributed by atoms with Gasteiger partial charge in [-0.05, 0) is 67.6 Å². The molecule has 2 aliphatic rings. The molecule has 16 nitrogen and oxygen atoms in total. The topological polar surface area (TPSA) is 201 Å². The van der Waals surface area contributed by atoms with E-state index in [-0.39, 0.29) is 39.1 Å². The maximum atomic E-state index is 13.6. The molecule has 3 N–H and O–H groups in total. The van der Waals surface area contributed by atoms with E-state index in [0.717, 1.165) is 42.6 Å². The number of aliphatic hydroxyl groups excluding tert-OH is 1. The molecular formula is C43H42BBr3F2N10O6. The van der Waals surface area contributed by atoms with Crippen LogP contribution >= 0.6 is 47.3 Å². The van der Waals surface area contributed by atoms with E-state index in [1.54, 1.807) is 43.0 Å². The Balaban J connectivity index is 0.000000183. The van der Waals surface area contributed by atoms with Gasteiger partial charge in [-0.15, -0.1) is 47.3 Å². The minimum Gasteiger partial charge on any atom is -0.394 e. The molecular weight excluding hydrogens is 1040 g/mol. The maximum absolute atomic E-state index is 13.6. The van der Waals surface area contributed by atoms with Crippen LogP contribution < -0.4 is 10.6 Å². The molecule has 2 aliphatic carbocycles. The standard InChI is InChI=1S/C25H24FN5O3.C18H18FN5O3.BBr3/c1-31-22(13-20(29-31)17-10-11-17)24(32)27-21(15-33-14-16-6-3-2-4-7-16)25-28-23(30-34-25)18-8-5-9-19(26)12-18;1-24-15(8-13(22-24)10-5-6-10)17(26)20-14(9-25)18-21-16(23-27-18)11-3-2-4-12(19)7-11;2-1(3)4/h2-9,12-13,17,21H,10-11,14-15H2,1H3,(H,27,32);2-4,7-8,10,14,25H,5-6,9H2,1H3,(H,20,26);. The van der Waals surface area contributed by atoms with Gasteiger partial charge >= 0.3 is 3.18 Å². The van der Waals surface area contributed by atoms with Gasteiger partial charge in [0.25, 0.3) is 23.6 Å². The van der Waals surface area contributed by atoms with Gasteiger partial charge in [-0.2, -0.15) is 20.2 Å². The molecule has 9 rings (SSSR count). The predicted molar refractivity (Wildman–Crippen MR) is 246 cm³/mol. The number of aliphatic hydroxyl groups is 1. The summed E-state index contributed by atoms with van der Waals surface area (Å²) in [7, 11) is 3.44. The van der Waals surface area contributed by atoms with Gasteiger partial charge in [0, 0.05) is 37.1 Å². The highest BCUT2D eigenvalue weighted by Crippen LogP contribution is 2.40. The summed E-state index contributed by atoms with van der Waals surface area (Å²) in [5.41, 5.74) is 4.57. The minimum absolute atomic E-state index is 0.0368. The molecule has 0 aliphatic heterocycles. The zero-order valence-electron chi connectivity index (χ0n) is 35.0. The summed E-state index contributed by atoms with van der Waals surface area (Å²) >= 11 is 9.31. The lowest BCUT2D eigenvalue weighted by molar-refractivity contribution is 0.0736. The van der Waals surface area contributed by atoms with Crippen LogP contribution in [0.5, 0.6) is 0 Å². The summed E-state index contributed by atoms with van der Waals surface area (Å²) in [4.78, 5) is 34.2. The number of hydrogen-bond donors (Lipinski definition) is 3. The SMILES string of the molecule is BrB(Br)Br.Cn1nc(C2CC2)cc1C(=O)NC(CO)c1nc(-c2cccc(F)c2)no1.Cn1nc(C2CC2)cc1C(=O)NC(COCc1ccccc1)c1nc(-c2cccc(F)c2)no1. The highest BCUT2D eigenvalue weighted by atomic mass is 79.9. The smallest absolute Gasteiger partial charge is 0.369 e. The molecule has 4 heterocycles. The first-order valence-electron chi connectivity index (χ1n) is 20.4. The number of carbonyl (C=O) groups excluding carboxylic acids is 2. The molecule has 338 valence electrons. The second kappa shape index (κ2) is 22.2. The molecule has 4 aromatic heterocycles. The Labute approximate surface area is 396 Å². The zero-order chi connectivity index (χ0) is 46.0. The van der Waals surface area contributed by atoms with Crippen molar-refractivity contribution in [3.63, 3.8) is 0 Å². The van der Waals surface area contributed by atoms with Gasteiger partial charge in [0.1, 0.15) is 35.1 Å². The summed E-state index contributed by atoms with van der Waals surface area (Å²) in [6.45, 7) is 0.0399. The molecule has 2 unspecified atom stereocenters. The van der Waals surface area contributed by atoms with E-state index in [2.05, 4.69) is 88.4 Å². The van der Waals surface area contributed by atoms with Crippen molar-refractivity contribution in [1.29, 1.82) is 0 Å². The second-order valence-corrected chi connectivity index (χ2v) is 21.6. The van der Waals surface area contributed by atoms with Crippen molar-refractivity contribution >= 4 is 62.3 Å². The van der Waals surface area contributed by atoms with Crippen molar-refractivity contribution in [2.45, 2.75) is 56.2 Å². The number of nitrogens with zero attached hydrogens (tertiary/aromatic N) is 8. The quantitative estimate of drug-likeness (QED) is 0.0832. The molecule has 2 atom stereocenters. The van der Waals surface area contributed by atoms with E-state index in [0.29, 0.717) is 41.0 Å². The Morgan fingerprint density at radius 2 is 1.20 bits per heavy atom. The Morgan fingerprint density at radius 1 is 0.738 bits per heavy atom. The van der Waals surface area contributed by atoms with Gasteiger partial charge in [0.2, 0.25) is 11.6 Å². The van der Waals surface area contributed by atoms with E-state index in [4.69, 9.17) is 13.8 Å². The summed E-state index contributed by atoms with van der Waals surface area (Å²) in [6.07, 6.45) is 4.36. The third-order valence-electron chi connectivity index (χ3n) is 10.1. The fourth-order valence-electron chi connectivity index (χ4n) is 6.50. The third kappa shape index (κ3) is 13.3. The van der Waals surface area contributed by atoms with Crippen LogP contribution in [0.15, 0.2) is 100 Å². The van der Waals surface area contributed by atoms with Crippen molar-refractivity contribution in [3.8, 4) is 22.8 Å². The number of hydrogen-bond acceptors (Lipinski definition) is 12. The third-order valence-corrected chi connectivity index (χ3v) is 10.1. The number of amides is 2. The molecule has 3 aromatic carbocycles. The van der Waals surface area contributed by atoms with Crippen LogP contribution in [0, 0.1) is 11.6 Å². The summed E-state index contributed by atoms with van der Waals surface area (Å²) in [5.74, 6) is -0.0704. The van der Waals surface area contributed by atoms with Gasteiger partial charge in [0.15, 0.2) is 0 Å². The number of rotatable bonds is 15. The molecule has 2 saturated carbocycles. The van der Waals surface area contributed by atoms with Crippen LogP contribution in [0.4, 0.5) is 8.78 Å². The first kappa shape index (κ1) is 47.5. The number of halogens is 5. The Bertz CT molecular complexity index is 2690. The fraction of sp³-hybridized carbons (Fsp3) is 0.302. The van der Waals surface area contributed by atoms with E-state index < -0.39 is 36.2 Å². The number of carbonyl (C=O) groups is 2. The average Bonchev–Trinajstić information content (AvgIpc) is 4.11. The summed E-state index contributed by atoms with van der Waals surface area (Å²) in [5, 5.41) is 31.8. The molecule has 2 amide bonds. The predicted octanol–water partition coefficient (Wildman–Crippen LogP) is 8.28. The monoisotopic (exact) mass is 1080 g/mol. The maximum Gasteiger partial charge on any atom is 0.369 e. The van der Waals surface area contributed by atoms with Crippen LogP contribution in [-0.2, 0) is 25.4 Å². The zero-order valence-corrected chi connectivity index (χ0v) is 39.7. The highest BCUT2D eigenvalue weighted by molar-refractivity contribution is 9.69. The Hall–Kier alpha value is -5.42. The minimum atomic E-state index is -0.883. The second-order valence-electron chi connectivity index (χ2n) is 15.1. The molecule has 0 bridgehead atoms. The van der Waals surface area contributed by atoms with Gasteiger partial charge in [0.05, 0.1) is 31.2 Å². The molecule has 65 heavy (non-hydrogen) atoms. The van der Waals surface area contributed by atoms with Crippen LogP contribution in [0.25, 0.3) is 22.8 Å². The normalized spacial score (nSPS) is 14.0. The first-order chi connectivity index (χ1) is 31.3. The van der Waals surface area contributed by atoms with Crippen molar-refractivity contribution in [2.75, 3.05) is 13.2 Å². The highest BCUT2D eigenvalue weighted by Gasteiger charge is 2.31. The van der Waals surface area contributed by atoms with Crippen LogP contribution in [-0.4, -0.2) is 73.2 Å². The lowest BCUT2D eigenvalue weighted by Gasteiger charge is -2.15. The van der Waals surface area contributed by atoms with Crippen molar-refractivity contribution in [1.82, 2.24) is 50.5 Å². The van der Waals surface area contributed by atoms with Gasteiger partial charge < -0.3 is 29.5 Å². The van der Waals surface area contributed by atoms with E-state index in [9.17, 15) is 23.5 Å². The number of aryl methyl sites for hydroxylation is 2. The molecule has 2 fully saturated rings. The number of nitrogens with one attached hydrogen (secondary N) is 2. The van der Waals surface area contributed by atoms with Gasteiger partial charge in [-0.25, -0.2) is 8.78 Å². The van der Waals surface area contributed by atoms with Crippen LogP contribution in [0.1, 0.15) is 99.3 Å². The lowest BCUT2D eigenvalue weighted by atomic mass is 10.2. The van der Waals surface area contributed by atoms with Crippen molar-refractivity contribution in [3.05, 3.63) is 143 Å². The van der Waals surface area contributed by atoms with E-state index >= 15 is 0 Å². The fourth-order valence-corrected chi connectivity index (χ4v) is 6.50. The molecule has 0 spiro atoms. The largest absolute Gasteiger partial charge is 0.394 e. The number of aromatic nitrogens is 8. The number of benzene rings is 3. The number of ether oxygens (including phenoxy) is 1. The van der Waals surface area contributed by atoms with Crippen LogP contribution in [0.3, 0.4) is 0 Å². The summed E-state index contributed by atoms with van der Waals surface area (Å²) in [6, 6.07) is 23.4. The van der Waals surface area contributed by atoms with Gasteiger partial charge in [-0.1, -0.05) is 64.9 Å². The van der Waals surface area contributed by atoms with E-state index in [1.807, 2.05) is 36.4 Å². The molecule has 0 saturated heterocycles. The van der Waals surface area contributed by atoms with Crippen LogP contribution in [0.2, 0.25) is 0 Å². The lowest BCUT2D eigenvalue weighted by Crippen LogP contribution is -2.33. The van der Waals surface area contributed by atoms with Gasteiger partial charge in [-0.3, -0.25) is 19.0 Å². The molecule has 22 heteroatoms. The van der Waals surface area contributed by atoms with Crippen molar-refractivity contribution in [2.24, 2.45) is 14.1 Å².